The molecule has 0 unspecified atom stereocenters. The zero-order chi connectivity index (χ0) is 15.7. The molecule has 0 spiro atoms. The van der Waals surface area contributed by atoms with Crippen LogP contribution in [0.5, 0.6) is 0 Å². The van der Waals surface area contributed by atoms with E-state index in [1.54, 1.807) is 13.2 Å². The van der Waals surface area contributed by atoms with E-state index in [0.29, 0.717) is 31.3 Å². The topological polar surface area (TPSA) is 105 Å². The van der Waals surface area contributed by atoms with E-state index in [0.717, 1.165) is 25.0 Å². The maximum Gasteiger partial charge on any atom is 0.208 e. The first-order valence-corrected chi connectivity index (χ1v) is 8.63. The molecule has 1 rings (SSSR count). The summed E-state index contributed by atoms with van der Waals surface area (Å²) in [6, 6.07) is 1.79. The number of rotatable bonds is 10. The number of methoxy groups -OCH3 is 1. The minimum atomic E-state index is -3.17. The van der Waals surface area contributed by atoms with Crippen LogP contribution in [0.3, 0.4) is 0 Å². The summed E-state index contributed by atoms with van der Waals surface area (Å²) in [5, 5.41) is 6.25. The predicted molar refractivity (Wildman–Crippen MR) is 82.9 cm³/mol. The van der Waals surface area contributed by atoms with Gasteiger partial charge in [0.1, 0.15) is 18.2 Å². The molecule has 1 aromatic heterocycles. The Morgan fingerprint density at radius 1 is 1.14 bits per heavy atom. The third-order valence-corrected chi connectivity index (χ3v) is 3.13. The van der Waals surface area contributed by atoms with E-state index in [2.05, 4.69) is 32.2 Å². The van der Waals surface area contributed by atoms with Gasteiger partial charge in [-0.25, -0.2) is 23.1 Å². The van der Waals surface area contributed by atoms with Crippen molar-refractivity contribution in [3.8, 4) is 0 Å². The van der Waals surface area contributed by atoms with E-state index in [1.165, 1.54) is 0 Å². The average molecular weight is 317 g/mol. The molecule has 3 N–H and O–H groups in total. The van der Waals surface area contributed by atoms with Gasteiger partial charge in [0, 0.05) is 32.8 Å². The van der Waals surface area contributed by atoms with Crippen LogP contribution in [-0.4, -0.2) is 51.4 Å². The van der Waals surface area contributed by atoms with Crippen LogP contribution in [0.4, 0.5) is 11.6 Å². The molecule has 0 aliphatic heterocycles. The fourth-order valence-corrected chi connectivity index (χ4v) is 2.02. The molecule has 0 atom stereocenters. The minimum Gasteiger partial charge on any atom is -0.377 e. The van der Waals surface area contributed by atoms with Crippen LogP contribution in [0.25, 0.3) is 0 Å². The van der Waals surface area contributed by atoms with Crippen molar-refractivity contribution < 1.29 is 13.2 Å². The van der Waals surface area contributed by atoms with Crippen molar-refractivity contribution in [2.45, 2.75) is 20.0 Å². The van der Waals surface area contributed by atoms with Gasteiger partial charge in [-0.1, -0.05) is 6.92 Å². The molecule has 0 radical (unpaired) electrons. The van der Waals surface area contributed by atoms with Crippen LogP contribution in [0.2, 0.25) is 0 Å². The Bertz CT molecular complexity index is 536. The zero-order valence-corrected chi connectivity index (χ0v) is 13.5. The number of aromatic nitrogens is 2. The highest BCUT2D eigenvalue weighted by Gasteiger charge is 2.05. The Kier molecular flexibility index (Phi) is 7.34. The van der Waals surface area contributed by atoms with E-state index in [4.69, 9.17) is 4.74 Å². The summed E-state index contributed by atoms with van der Waals surface area (Å²) in [5.74, 6) is 1.92. The second-order valence-corrected chi connectivity index (χ2v) is 6.34. The van der Waals surface area contributed by atoms with Crippen LogP contribution in [0.15, 0.2) is 6.07 Å². The summed E-state index contributed by atoms with van der Waals surface area (Å²) in [4.78, 5) is 8.63. The molecule has 0 bridgehead atoms. The Labute approximate surface area is 125 Å². The SMILES string of the molecule is CCCNc1cc(NCCNS(C)(=O)=O)nc(COC)n1. The Hall–Kier alpha value is -1.45. The second kappa shape index (κ2) is 8.75. The monoisotopic (exact) mass is 317 g/mol. The van der Waals surface area contributed by atoms with Crippen LogP contribution >= 0.6 is 0 Å². The van der Waals surface area contributed by atoms with Crippen molar-refractivity contribution in [2.75, 3.05) is 43.6 Å². The standard InChI is InChI=1S/C12H23N5O3S/c1-4-5-13-10-8-11(17-12(16-10)9-20-2)14-6-7-15-21(3,18)19/h8,15H,4-7,9H2,1-3H3,(H2,13,14,16,17). The van der Waals surface area contributed by atoms with Gasteiger partial charge in [0.25, 0.3) is 0 Å². The summed E-state index contributed by atoms with van der Waals surface area (Å²) in [6.07, 6.45) is 2.12. The number of ether oxygens (including phenoxy) is 1. The number of hydrogen-bond donors (Lipinski definition) is 3. The van der Waals surface area contributed by atoms with Crippen molar-refractivity contribution >= 4 is 21.7 Å². The second-order valence-electron chi connectivity index (χ2n) is 4.51. The third-order valence-electron chi connectivity index (χ3n) is 2.40. The van der Waals surface area contributed by atoms with Crippen LogP contribution < -0.4 is 15.4 Å². The fourth-order valence-electron chi connectivity index (χ4n) is 1.55. The third kappa shape index (κ3) is 7.78. The molecule has 0 amide bonds. The normalized spacial score (nSPS) is 11.4. The lowest BCUT2D eigenvalue weighted by atomic mass is 10.4. The lowest BCUT2D eigenvalue weighted by Gasteiger charge is -2.11. The molecule has 0 aliphatic carbocycles. The molecule has 21 heavy (non-hydrogen) atoms. The van der Waals surface area contributed by atoms with Crippen molar-refractivity contribution in [3.63, 3.8) is 0 Å². The zero-order valence-electron chi connectivity index (χ0n) is 12.6. The van der Waals surface area contributed by atoms with Crippen molar-refractivity contribution in [1.29, 1.82) is 0 Å². The van der Waals surface area contributed by atoms with Gasteiger partial charge in [0.15, 0.2) is 5.82 Å². The lowest BCUT2D eigenvalue weighted by Crippen LogP contribution is -2.27. The highest BCUT2D eigenvalue weighted by Crippen LogP contribution is 2.11. The summed E-state index contributed by atoms with van der Waals surface area (Å²) >= 11 is 0. The minimum absolute atomic E-state index is 0.292. The van der Waals surface area contributed by atoms with E-state index in [1.807, 2.05) is 0 Å². The summed E-state index contributed by atoms with van der Waals surface area (Å²) < 4.78 is 29.4. The average Bonchev–Trinajstić information content (AvgIpc) is 2.41. The van der Waals surface area contributed by atoms with Gasteiger partial charge in [0.2, 0.25) is 10.0 Å². The maximum absolute atomic E-state index is 11.0. The van der Waals surface area contributed by atoms with E-state index < -0.39 is 10.0 Å². The molecule has 0 aromatic carbocycles. The molecule has 9 heteroatoms. The van der Waals surface area contributed by atoms with Gasteiger partial charge < -0.3 is 15.4 Å². The van der Waals surface area contributed by atoms with Crippen LogP contribution in [-0.2, 0) is 21.4 Å². The van der Waals surface area contributed by atoms with Gasteiger partial charge in [0.05, 0.1) is 6.26 Å². The summed E-state index contributed by atoms with van der Waals surface area (Å²) in [5.41, 5.74) is 0. The Balaban J connectivity index is 2.64. The van der Waals surface area contributed by atoms with Crippen LogP contribution in [0, 0.1) is 0 Å². The molecule has 8 nitrogen and oxygen atoms in total. The fraction of sp³-hybridized carbons (Fsp3) is 0.667. The van der Waals surface area contributed by atoms with Crippen molar-refractivity contribution in [1.82, 2.24) is 14.7 Å². The highest BCUT2D eigenvalue weighted by molar-refractivity contribution is 7.88. The number of hydrogen-bond acceptors (Lipinski definition) is 7. The maximum atomic E-state index is 11.0. The van der Waals surface area contributed by atoms with Crippen molar-refractivity contribution in [2.24, 2.45) is 0 Å². The lowest BCUT2D eigenvalue weighted by molar-refractivity contribution is 0.178. The number of nitrogens with one attached hydrogen (secondary N) is 3. The van der Waals surface area contributed by atoms with Gasteiger partial charge in [-0.3, -0.25) is 0 Å². The molecule has 1 heterocycles. The van der Waals surface area contributed by atoms with Gasteiger partial charge in [-0.15, -0.1) is 0 Å². The van der Waals surface area contributed by atoms with Gasteiger partial charge in [-0.2, -0.15) is 0 Å². The van der Waals surface area contributed by atoms with E-state index in [9.17, 15) is 8.42 Å². The molecular weight excluding hydrogens is 294 g/mol. The molecule has 1 aromatic rings. The first kappa shape index (κ1) is 17.6. The number of sulfonamides is 1. The van der Waals surface area contributed by atoms with Gasteiger partial charge >= 0.3 is 0 Å². The number of anilines is 2. The van der Waals surface area contributed by atoms with Crippen LogP contribution in [0.1, 0.15) is 19.2 Å². The first-order valence-electron chi connectivity index (χ1n) is 6.74. The highest BCUT2D eigenvalue weighted by atomic mass is 32.2. The summed E-state index contributed by atoms with van der Waals surface area (Å²) in [6.45, 7) is 3.93. The molecular formula is C12H23N5O3S. The predicted octanol–water partition coefficient (Wildman–Crippen LogP) is 0.406. The first-order chi connectivity index (χ1) is 9.94. The van der Waals surface area contributed by atoms with E-state index in [-0.39, 0.29) is 0 Å². The molecule has 0 aliphatic rings. The molecule has 0 saturated heterocycles. The van der Waals surface area contributed by atoms with Gasteiger partial charge in [-0.05, 0) is 6.42 Å². The molecule has 0 saturated carbocycles. The largest absolute Gasteiger partial charge is 0.377 e. The Morgan fingerprint density at radius 2 is 1.76 bits per heavy atom. The quantitative estimate of drug-likeness (QED) is 0.537. The number of nitrogens with zero attached hydrogens (tertiary/aromatic N) is 2. The van der Waals surface area contributed by atoms with E-state index >= 15 is 0 Å². The Morgan fingerprint density at radius 3 is 2.29 bits per heavy atom. The molecule has 120 valence electrons. The smallest absolute Gasteiger partial charge is 0.208 e. The van der Waals surface area contributed by atoms with Crippen molar-refractivity contribution in [3.05, 3.63) is 11.9 Å². The molecule has 0 fully saturated rings. The summed E-state index contributed by atoms with van der Waals surface area (Å²) in [7, 11) is -1.59.